The van der Waals surface area contributed by atoms with Crippen molar-refractivity contribution in [1.29, 1.82) is 0 Å². The fourth-order valence-electron chi connectivity index (χ4n) is 5.63. The Balaban J connectivity index is 1.44. The maximum absolute atomic E-state index is 13.2. The lowest BCUT2D eigenvalue weighted by Gasteiger charge is -2.51. The maximum Gasteiger partial charge on any atom is 0.227 e. The lowest BCUT2D eigenvalue weighted by molar-refractivity contribution is -0.135. The number of halogens is 1. The molecular weight excluding hydrogens is 355 g/mol. The molecule has 5 heteroatoms. The van der Waals surface area contributed by atoms with Gasteiger partial charge in [0.25, 0.3) is 0 Å². The Hall–Kier alpha value is -2.40. The summed E-state index contributed by atoms with van der Waals surface area (Å²) in [6.07, 6.45) is 2.60. The number of hydrogen-bond acceptors (Lipinski definition) is 3. The van der Waals surface area contributed by atoms with Gasteiger partial charge in [-0.3, -0.25) is 9.69 Å². The number of nitrogens with zero attached hydrogens (tertiary/aromatic N) is 2. The number of amides is 1. The average molecular weight is 380 g/mol. The summed E-state index contributed by atoms with van der Waals surface area (Å²) in [6.45, 7) is 2.88. The van der Waals surface area contributed by atoms with Crippen LogP contribution in [0.1, 0.15) is 29.9 Å². The van der Waals surface area contributed by atoms with Gasteiger partial charge in [-0.1, -0.05) is 24.3 Å². The minimum absolute atomic E-state index is 0.123. The number of phenolic OH excluding ortho intramolecular Hbond substituents is 1. The highest BCUT2D eigenvalue weighted by atomic mass is 19.1. The minimum atomic E-state index is -0.279. The van der Waals surface area contributed by atoms with Crippen LogP contribution in [0, 0.1) is 11.7 Å². The predicted molar refractivity (Wildman–Crippen MR) is 105 cm³/mol. The molecule has 1 N–H and O–H groups in total. The van der Waals surface area contributed by atoms with Crippen LogP contribution in [0.3, 0.4) is 0 Å². The number of carbonyl (C=O) groups is 1. The monoisotopic (exact) mass is 380 g/mol. The molecule has 0 aromatic heterocycles. The highest BCUT2D eigenvalue weighted by Gasteiger charge is 2.54. The Bertz CT molecular complexity index is 876. The molecule has 0 aliphatic carbocycles. The first-order valence-corrected chi connectivity index (χ1v) is 10.2. The predicted octanol–water partition coefficient (Wildman–Crippen LogP) is 3.16. The first kappa shape index (κ1) is 17.7. The van der Waals surface area contributed by atoms with Crippen LogP contribution in [0.15, 0.2) is 48.5 Å². The van der Waals surface area contributed by atoms with Crippen molar-refractivity contribution in [2.45, 2.75) is 37.3 Å². The number of aromatic hydroxyl groups is 1. The number of piperidine rings is 3. The molecule has 3 atom stereocenters. The Labute approximate surface area is 164 Å². The molecule has 4 aliphatic rings. The summed E-state index contributed by atoms with van der Waals surface area (Å²) >= 11 is 0. The van der Waals surface area contributed by atoms with E-state index in [1.54, 1.807) is 18.2 Å². The van der Waals surface area contributed by atoms with Crippen molar-refractivity contribution < 1.29 is 14.3 Å². The molecule has 0 spiro atoms. The van der Waals surface area contributed by atoms with E-state index in [9.17, 15) is 14.3 Å². The van der Waals surface area contributed by atoms with Gasteiger partial charge in [0.2, 0.25) is 5.91 Å². The van der Waals surface area contributed by atoms with Gasteiger partial charge in [-0.25, -0.2) is 4.39 Å². The molecule has 4 nitrogen and oxygen atoms in total. The van der Waals surface area contributed by atoms with Crippen LogP contribution in [0.5, 0.6) is 5.75 Å². The summed E-state index contributed by atoms with van der Waals surface area (Å²) in [6, 6.07) is 14.3. The molecule has 4 fully saturated rings. The summed E-state index contributed by atoms with van der Waals surface area (Å²) in [5.41, 5.74) is 1.96. The normalized spacial score (nSPS) is 31.0. The standard InChI is InChI=1S/C23H25FN2O2/c24-18-6-4-15(5-7-18)12-21(28)26-14-20(17-2-1-3-19(27)13-17)23-22(26)16-8-10-25(23)11-9-16/h1-7,13,16,20,22-23,27H,8-12,14H2/t20-,22+,23+/m0/s1. The Morgan fingerprint density at radius 2 is 1.82 bits per heavy atom. The lowest BCUT2D eigenvalue weighted by atomic mass is 9.75. The third kappa shape index (κ3) is 2.98. The molecule has 28 heavy (non-hydrogen) atoms. The largest absolute Gasteiger partial charge is 0.508 e. The lowest BCUT2D eigenvalue weighted by Crippen LogP contribution is -2.60. The summed E-state index contributed by atoms with van der Waals surface area (Å²) in [5.74, 6) is 0.893. The summed E-state index contributed by atoms with van der Waals surface area (Å²) < 4.78 is 13.2. The fraction of sp³-hybridized carbons (Fsp3) is 0.435. The number of fused-ring (bicyclic) bond motifs is 2. The van der Waals surface area contributed by atoms with Gasteiger partial charge in [0.05, 0.1) is 12.5 Å². The fourth-order valence-corrected chi connectivity index (χ4v) is 5.63. The molecule has 4 heterocycles. The topological polar surface area (TPSA) is 43.8 Å². The molecule has 0 saturated carbocycles. The maximum atomic E-state index is 13.2. The third-order valence-electron chi connectivity index (χ3n) is 6.88. The van der Waals surface area contributed by atoms with Gasteiger partial charge in [0, 0.05) is 18.5 Å². The van der Waals surface area contributed by atoms with Gasteiger partial charge in [0.15, 0.2) is 0 Å². The molecule has 2 bridgehead atoms. The van der Waals surface area contributed by atoms with Crippen molar-refractivity contribution in [3.8, 4) is 5.75 Å². The van der Waals surface area contributed by atoms with Gasteiger partial charge in [-0.2, -0.15) is 0 Å². The van der Waals surface area contributed by atoms with Crippen molar-refractivity contribution >= 4 is 5.91 Å². The SMILES string of the molecule is O=C(Cc1ccc(F)cc1)N1C[C@@H](c2cccc(O)c2)[C@@H]2[C@H]1C1CCN2CC1. The van der Waals surface area contributed by atoms with E-state index in [2.05, 4.69) is 15.9 Å². The van der Waals surface area contributed by atoms with Gasteiger partial charge >= 0.3 is 0 Å². The molecule has 4 aliphatic heterocycles. The van der Waals surface area contributed by atoms with Gasteiger partial charge < -0.3 is 10.0 Å². The number of benzene rings is 2. The van der Waals surface area contributed by atoms with Crippen LogP contribution in [-0.2, 0) is 11.2 Å². The third-order valence-corrected chi connectivity index (χ3v) is 6.88. The Morgan fingerprint density at radius 1 is 1.07 bits per heavy atom. The second kappa shape index (κ2) is 6.89. The van der Waals surface area contributed by atoms with E-state index in [0.29, 0.717) is 24.9 Å². The van der Waals surface area contributed by atoms with Crippen LogP contribution < -0.4 is 0 Å². The summed E-state index contributed by atoms with van der Waals surface area (Å²) in [7, 11) is 0. The Morgan fingerprint density at radius 3 is 2.54 bits per heavy atom. The minimum Gasteiger partial charge on any atom is -0.508 e. The van der Waals surface area contributed by atoms with Crippen LogP contribution >= 0.6 is 0 Å². The average Bonchev–Trinajstić information content (AvgIpc) is 3.14. The quantitative estimate of drug-likeness (QED) is 0.890. The van der Waals surface area contributed by atoms with Gasteiger partial charge in [-0.05, 0) is 67.2 Å². The van der Waals surface area contributed by atoms with Gasteiger partial charge in [0.1, 0.15) is 11.6 Å². The number of rotatable bonds is 3. The van der Waals surface area contributed by atoms with Gasteiger partial charge in [-0.15, -0.1) is 0 Å². The molecular formula is C23H25FN2O2. The van der Waals surface area contributed by atoms with E-state index in [0.717, 1.165) is 37.1 Å². The second-order valence-corrected chi connectivity index (χ2v) is 8.41. The second-order valence-electron chi connectivity index (χ2n) is 8.41. The number of likely N-dealkylation sites (tertiary alicyclic amines) is 1. The number of carbonyl (C=O) groups excluding carboxylic acids is 1. The van der Waals surface area contributed by atoms with Crippen molar-refractivity contribution in [3.63, 3.8) is 0 Å². The van der Waals surface area contributed by atoms with E-state index in [1.807, 2.05) is 12.1 Å². The van der Waals surface area contributed by atoms with Crippen LogP contribution in [0.4, 0.5) is 4.39 Å². The molecule has 2 aromatic carbocycles. The van der Waals surface area contributed by atoms with E-state index in [1.165, 1.54) is 12.1 Å². The first-order chi connectivity index (χ1) is 13.6. The van der Waals surface area contributed by atoms with Crippen LogP contribution in [0.2, 0.25) is 0 Å². The smallest absolute Gasteiger partial charge is 0.227 e. The molecule has 4 saturated heterocycles. The Kier molecular flexibility index (Phi) is 4.35. The molecule has 1 amide bonds. The van der Waals surface area contributed by atoms with E-state index in [4.69, 9.17) is 0 Å². The van der Waals surface area contributed by atoms with Crippen molar-refractivity contribution in [2.24, 2.45) is 5.92 Å². The van der Waals surface area contributed by atoms with Crippen molar-refractivity contribution in [2.75, 3.05) is 19.6 Å². The van der Waals surface area contributed by atoms with Crippen molar-refractivity contribution in [1.82, 2.24) is 9.80 Å². The molecule has 6 rings (SSSR count). The van der Waals surface area contributed by atoms with Crippen LogP contribution in [-0.4, -0.2) is 52.5 Å². The summed E-state index contributed by atoms with van der Waals surface area (Å²) in [4.78, 5) is 17.9. The summed E-state index contributed by atoms with van der Waals surface area (Å²) in [5, 5.41) is 9.97. The molecule has 0 radical (unpaired) electrons. The van der Waals surface area contributed by atoms with E-state index in [-0.39, 0.29) is 29.4 Å². The van der Waals surface area contributed by atoms with E-state index >= 15 is 0 Å². The molecule has 2 aromatic rings. The highest BCUT2D eigenvalue weighted by molar-refractivity contribution is 5.80. The van der Waals surface area contributed by atoms with E-state index < -0.39 is 0 Å². The first-order valence-electron chi connectivity index (χ1n) is 10.2. The number of hydrogen-bond donors (Lipinski definition) is 1. The highest BCUT2D eigenvalue weighted by Crippen LogP contribution is 2.47. The molecule has 0 unspecified atom stereocenters. The zero-order valence-corrected chi connectivity index (χ0v) is 15.8. The van der Waals surface area contributed by atoms with Crippen LogP contribution in [0.25, 0.3) is 0 Å². The zero-order valence-electron chi connectivity index (χ0n) is 15.8. The zero-order chi connectivity index (χ0) is 19.3. The number of phenols is 1. The van der Waals surface area contributed by atoms with Crippen molar-refractivity contribution in [3.05, 3.63) is 65.5 Å². The molecule has 146 valence electrons.